The molecule has 0 aromatic heterocycles. The number of carbonyl (C=O) groups excluding carboxylic acids is 2. The summed E-state index contributed by atoms with van der Waals surface area (Å²) in [5, 5.41) is 12.3. The highest BCUT2D eigenvalue weighted by atomic mass is 16.2. The van der Waals surface area contributed by atoms with Gasteiger partial charge in [0.1, 0.15) is 0 Å². The SMILES string of the molecule is CC(=O)Nc1ccc([C@@H](Cc2ccccc2)C(=O)NC(=N)N)cc1. The second-order valence-corrected chi connectivity index (χ2v) is 5.45. The van der Waals surface area contributed by atoms with Crippen molar-refractivity contribution in [3.05, 3.63) is 65.7 Å². The number of anilines is 1. The Morgan fingerprint density at radius 3 is 2.25 bits per heavy atom. The molecule has 0 radical (unpaired) electrons. The van der Waals surface area contributed by atoms with Crippen molar-refractivity contribution in [3.8, 4) is 0 Å². The van der Waals surface area contributed by atoms with Gasteiger partial charge in [0.25, 0.3) is 0 Å². The summed E-state index contributed by atoms with van der Waals surface area (Å²) in [6.07, 6.45) is 0.486. The first-order chi connectivity index (χ1) is 11.5. The lowest BCUT2D eigenvalue weighted by molar-refractivity contribution is -0.121. The molecule has 0 fully saturated rings. The largest absolute Gasteiger partial charge is 0.370 e. The number of hydrogen-bond acceptors (Lipinski definition) is 3. The average molecular weight is 324 g/mol. The Hall–Kier alpha value is -3.15. The van der Waals surface area contributed by atoms with Crippen molar-refractivity contribution in [2.24, 2.45) is 5.73 Å². The summed E-state index contributed by atoms with van der Waals surface area (Å²) in [6.45, 7) is 1.44. The van der Waals surface area contributed by atoms with E-state index in [4.69, 9.17) is 11.1 Å². The summed E-state index contributed by atoms with van der Waals surface area (Å²) in [7, 11) is 0. The molecule has 0 aliphatic rings. The molecule has 0 unspecified atom stereocenters. The van der Waals surface area contributed by atoms with E-state index in [9.17, 15) is 9.59 Å². The van der Waals surface area contributed by atoms with Gasteiger partial charge in [-0.05, 0) is 29.7 Å². The summed E-state index contributed by atoms with van der Waals surface area (Å²) in [5.74, 6) is -1.35. The predicted octanol–water partition coefficient (Wildman–Crippen LogP) is 1.98. The van der Waals surface area contributed by atoms with Gasteiger partial charge < -0.3 is 11.1 Å². The zero-order chi connectivity index (χ0) is 17.5. The molecular formula is C18H20N4O2. The van der Waals surface area contributed by atoms with Crippen molar-refractivity contribution in [1.29, 1.82) is 5.41 Å². The van der Waals surface area contributed by atoms with Crippen molar-refractivity contribution in [3.63, 3.8) is 0 Å². The second kappa shape index (κ2) is 7.92. The number of carbonyl (C=O) groups is 2. The molecule has 0 saturated carbocycles. The van der Waals surface area contributed by atoms with E-state index in [0.717, 1.165) is 11.1 Å². The molecular weight excluding hydrogens is 304 g/mol. The fraction of sp³-hybridized carbons (Fsp3) is 0.167. The standard InChI is InChI=1S/C18H20N4O2/c1-12(23)21-15-9-7-14(8-10-15)16(17(24)22-18(19)20)11-13-5-3-2-4-6-13/h2-10,16H,11H2,1H3,(H,21,23)(H4,19,20,22,24)/t16-/m1/s1. The summed E-state index contributed by atoms with van der Waals surface area (Å²) in [4.78, 5) is 23.5. The third-order valence-electron chi connectivity index (χ3n) is 3.49. The van der Waals surface area contributed by atoms with Crippen LogP contribution in [0.2, 0.25) is 0 Å². The maximum absolute atomic E-state index is 12.4. The molecule has 0 heterocycles. The fourth-order valence-electron chi connectivity index (χ4n) is 2.43. The van der Waals surface area contributed by atoms with Gasteiger partial charge in [-0.15, -0.1) is 0 Å². The van der Waals surface area contributed by atoms with E-state index in [1.54, 1.807) is 24.3 Å². The van der Waals surface area contributed by atoms with E-state index in [2.05, 4.69) is 10.6 Å². The predicted molar refractivity (Wildman–Crippen MR) is 93.7 cm³/mol. The van der Waals surface area contributed by atoms with Gasteiger partial charge in [-0.2, -0.15) is 0 Å². The average Bonchev–Trinajstić information content (AvgIpc) is 2.53. The highest BCUT2D eigenvalue weighted by molar-refractivity contribution is 5.98. The van der Waals surface area contributed by atoms with Crippen LogP contribution in [-0.2, 0) is 16.0 Å². The van der Waals surface area contributed by atoms with Gasteiger partial charge in [0.05, 0.1) is 5.92 Å². The zero-order valence-corrected chi connectivity index (χ0v) is 13.4. The van der Waals surface area contributed by atoms with Crippen LogP contribution in [0.1, 0.15) is 24.0 Å². The third-order valence-corrected chi connectivity index (χ3v) is 3.49. The van der Waals surface area contributed by atoms with Crippen LogP contribution >= 0.6 is 0 Å². The number of benzene rings is 2. The van der Waals surface area contributed by atoms with E-state index in [0.29, 0.717) is 12.1 Å². The number of amides is 2. The van der Waals surface area contributed by atoms with Gasteiger partial charge in [0, 0.05) is 12.6 Å². The van der Waals surface area contributed by atoms with Crippen LogP contribution in [0.4, 0.5) is 5.69 Å². The van der Waals surface area contributed by atoms with Crippen molar-refractivity contribution < 1.29 is 9.59 Å². The highest BCUT2D eigenvalue weighted by Gasteiger charge is 2.21. The Labute approximate surface area is 140 Å². The number of nitrogens with one attached hydrogen (secondary N) is 3. The molecule has 24 heavy (non-hydrogen) atoms. The second-order valence-electron chi connectivity index (χ2n) is 5.45. The third kappa shape index (κ3) is 4.95. The number of hydrogen-bond donors (Lipinski definition) is 4. The molecule has 2 aromatic carbocycles. The summed E-state index contributed by atoms with van der Waals surface area (Å²) in [6, 6.07) is 16.7. The minimum absolute atomic E-state index is 0.155. The smallest absolute Gasteiger partial charge is 0.234 e. The normalized spacial score (nSPS) is 11.4. The molecule has 0 bridgehead atoms. The van der Waals surface area contributed by atoms with Crippen LogP contribution < -0.4 is 16.4 Å². The van der Waals surface area contributed by atoms with Gasteiger partial charge in [-0.25, -0.2) is 0 Å². The molecule has 1 atom stereocenters. The van der Waals surface area contributed by atoms with Crippen LogP contribution in [0, 0.1) is 5.41 Å². The van der Waals surface area contributed by atoms with Gasteiger partial charge in [0.2, 0.25) is 11.8 Å². The summed E-state index contributed by atoms with van der Waals surface area (Å²) in [5.41, 5.74) is 7.74. The van der Waals surface area contributed by atoms with E-state index < -0.39 is 5.92 Å². The fourth-order valence-corrected chi connectivity index (χ4v) is 2.43. The van der Waals surface area contributed by atoms with Crippen LogP contribution in [0.25, 0.3) is 0 Å². The molecule has 2 rings (SSSR count). The van der Waals surface area contributed by atoms with Gasteiger partial charge in [-0.1, -0.05) is 42.5 Å². The van der Waals surface area contributed by atoms with Crippen LogP contribution in [0.15, 0.2) is 54.6 Å². The molecule has 0 spiro atoms. The molecule has 0 saturated heterocycles. The van der Waals surface area contributed by atoms with Gasteiger partial charge in [0.15, 0.2) is 5.96 Å². The number of nitrogens with two attached hydrogens (primary N) is 1. The molecule has 2 amide bonds. The van der Waals surface area contributed by atoms with Crippen LogP contribution in [0.5, 0.6) is 0 Å². The summed E-state index contributed by atoms with van der Waals surface area (Å²) >= 11 is 0. The first-order valence-corrected chi connectivity index (χ1v) is 7.52. The quantitative estimate of drug-likeness (QED) is 0.499. The first-order valence-electron chi connectivity index (χ1n) is 7.52. The lowest BCUT2D eigenvalue weighted by atomic mass is 9.91. The monoisotopic (exact) mass is 324 g/mol. The molecule has 0 aliphatic carbocycles. The first kappa shape index (κ1) is 17.2. The molecule has 2 aromatic rings. The van der Waals surface area contributed by atoms with Crippen molar-refractivity contribution in [2.75, 3.05) is 5.32 Å². The molecule has 0 aliphatic heterocycles. The van der Waals surface area contributed by atoms with E-state index in [1.165, 1.54) is 6.92 Å². The zero-order valence-electron chi connectivity index (χ0n) is 13.4. The topological polar surface area (TPSA) is 108 Å². The molecule has 5 N–H and O–H groups in total. The lowest BCUT2D eigenvalue weighted by Crippen LogP contribution is -2.39. The summed E-state index contributed by atoms with van der Waals surface area (Å²) < 4.78 is 0. The van der Waals surface area contributed by atoms with E-state index in [-0.39, 0.29) is 17.8 Å². The Kier molecular flexibility index (Phi) is 5.68. The lowest BCUT2D eigenvalue weighted by Gasteiger charge is -2.17. The van der Waals surface area contributed by atoms with Gasteiger partial charge >= 0.3 is 0 Å². The number of rotatable bonds is 5. The minimum Gasteiger partial charge on any atom is -0.370 e. The van der Waals surface area contributed by atoms with E-state index in [1.807, 2.05) is 30.3 Å². The highest BCUT2D eigenvalue weighted by Crippen LogP contribution is 2.23. The Morgan fingerprint density at radius 2 is 1.71 bits per heavy atom. The van der Waals surface area contributed by atoms with E-state index >= 15 is 0 Å². The Morgan fingerprint density at radius 1 is 1.08 bits per heavy atom. The van der Waals surface area contributed by atoms with Gasteiger partial charge in [-0.3, -0.25) is 20.3 Å². The van der Waals surface area contributed by atoms with Crippen LogP contribution in [-0.4, -0.2) is 17.8 Å². The van der Waals surface area contributed by atoms with Crippen molar-refractivity contribution in [2.45, 2.75) is 19.3 Å². The maximum atomic E-state index is 12.4. The molecule has 6 heteroatoms. The van der Waals surface area contributed by atoms with Crippen molar-refractivity contribution in [1.82, 2.24) is 5.32 Å². The molecule has 6 nitrogen and oxygen atoms in total. The minimum atomic E-state index is -0.484. The van der Waals surface area contributed by atoms with Crippen molar-refractivity contribution >= 4 is 23.5 Å². The number of guanidine groups is 1. The molecule has 124 valence electrons. The maximum Gasteiger partial charge on any atom is 0.234 e. The van der Waals surface area contributed by atoms with Crippen LogP contribution in [0.3, 0.4) is 0 Å². The Balaban J connectivity index is 2.25. The Bertz CT molecular complexity index is 726.